The van der Waals surface area contributed by atoms with E-state index in [9.17, 15) is 4.79 Å². The highest BCUT2D eigenvalue weighted by molar-refractivity contribution is 5.76. The van der Waals surface area contributed by atoms with E-state index < -0.39 is 0 Å². The van der Waals surface area contributed by atoms with Gasteiger partial charge in [-0.15, -0.1) is 0 Å². The zero-order chi connectivity index (χ0) is 12.1. The molecule has 0 spiro atoms. The fraction of sp³-hybridized carbons (Fsp3) is 0.929. The summed E-state index contributed by atoms with van der Waals surface area (Å²) in [6, 6.07) is 0.590. The van der Waals surface area contributed by atoms with Crippen LogP contribution < -0.4 is 5.32 Å². The van der Waals surface area contributed by atoms with Crippen molar-refractivity contribution in [2.45, 2.75) is 57.9 Å². The lowest BCUT2D eigenvalue weighted by Gasteiger charge is -2.25. The number of carbonyl (C=O) groups excluding carboxylic acids is 1. The molecule has 0 aromatic carbocycles. The Morgan fingerprint density at radius 1 is 1.29 bits per heavy atom. The first-order valence-corrected chi connectivity index (χ1v) is 7.30. The van der Waals surface area contributed by atoms with Crippen LogP contribution in [0.2, 0.25) is 0 Å². The summed E-state index contributed by atoms with van der Waals surface area (Å²) in [5.41, 5.74) is 0. The van der Waals surface area contributed by atoms with Gasteiger partial charge in [-0.2, -0.15) is 0 Å². The molecule has 3 heteroatoms. The number of carbonyl (C=O) groups is 1. The van der Waals surface area contributed by atoms with Crippen molar-refractivity contribution in [3.8, 4) is 0 Å². The van der Waals surface area contributed by atoms with E-state index in [1.54, 1.807) is 0 Å². The van der Waals surface area contributed by atoms with E-state index in [2.05, 4.69) is 17.1 Å². The summed E-state index contributed by atoms with van der Waals surface area (Å²) in [7, 11) is 0. The molecule has 1 unspecified atom stereocenters. The minimum absolute atomic E-state index is 0.367. The van der Waals surface area contributed by atoms with Crippen molar-refractivity contribution in [2.24, 2.45) is 5.92 Å². The second kappa shape index (κ2) is 6.39. The Morgan fingerprint density at radius 2 is 2.12 bits per heavy atom. The van der Waals surface area contributed by atoms with Crippen LogP contribution in [-0.2, 0) is 4.79 Å². The van der Waals surface area contributed by atoms with Gasteiger partial charge in [-0.1, -0.05) is 6.42 Å². The van der Waals surface area contributed by atoms with E-state index in [1.807, 2.05) is 0 Å². The van der Waals surface area contributed by atoms with E-state index in [0.717, 1.165) is 38.4 Å². The smallest absolute Gasteiger partial charge is 0.222 e. The summed E-state index contributed by atoms with van der Waals surface area (Å²) in [6.45, 7) is 5.12. The second-order valence-corrected chi connectivity index (χ2v) is 5.56. The van der Waals surface area contributed by atoms with Crippen LogP contribution in [-0.4, -0.2) is 36.5 Å². The van der Waals surface area contributed by atoms with Gasteiger partial charge in [0, 0.05) is 25.6 Å². The Morgan fingerprint density at radius 3 is 2.71 bits per heavy atom. The molecule has 0 bridgehead atoms. The van der Waals surface area contributed by atoms with Crippen molar-refractivity contribution in [2.75, 3.05) is 19.6 Å². The maximum absolute atomic E-state index is 12.1. The molecule has 1 atom stereocenters. The molecule has 1 aliphatic heterocycles. The van der Waals surface area contributed by atoms with Crippen LogP contribution in [0.1, 0.15) is 51.9 Å². The predicted molar refractivity (Wildman–Crippen MR) is 69.9 cm³/mol. The zero-order valence-electron chi connectivity index (χ0n) is 11.1. The first-order valence-electron chi connectivity index (χ1n) is 7.30. The lowest BCUT2D eigenvalue weighted by atomic mass is 10.0. The van der Waals surface area contributed by atoms with Crippen LogP contribution in [0.25, 0.3) is 0 Å². The van der Waals surface area contributed by atoms with Crippen LogP contribution in [0.4, 0.5) is 0 Å². The molecule has 0 aromatic rings. The standard InChI is InChI=1S/C14H26N2O/c1-2-16(11-12-6-7-12)14(17)9-8-13-5-3-4-10-15-13/h12-13,15H,2-11H2,1H3. The normalized spacial score (nSPS) is 24.6. The third kappa shape index (κ3) is 4.30. The van der Waals surface area contributed by atoms with Gasteiger partial charge in [-0.25, -0.2) is 0 Å². The lowest BCUT2D eigenvalue weighted by Crippen LogP contribution is -2.37. The van der Waals surface area contributed by atoms with Gasteiger partial charge in [-0.3, -0.25) is 4.79 Å². The number of hydrogen-bond acceptors (Lipinski definition) is 2. The first-order chi connectivity index (χ1) is 8.29. The predicted octanol–water partition coefficient (Wildman–Crippen LogP) is 2.17. The Kier molecular flexibility index (Phi) is 4.84. The molecule has 3 nitrogen and oxygen atoms in total. The van der Waals surface area contributed by atoms with Gasteiger partial charge in [0.1, 0.15) is 0 Å². The number of nitrogens with zero attached hydrogens (tertiary/aromatic N) is 1. The Labute approximate surface area is 105 Å². The number of hydrogen-bond donors (Lipinski definition) is 1. The van der Waals surface area contributed by atoms with Gasteiger partial charge in [0.25, 0.3) is 0 Å². The largest absolute Gasteiger partial charge is 0.343 e. The quantitative estimate of drug-likeness (QED) is 0.769. The molecule has 98 valence electrons. The van der Waals surface area contributed by atoms with Gasteiger partial charge in [-0.05, 0) is 51.5 Å². The van der Waals surface area contributed by atoms with E-state index in [4.69, 9.17) is 0 Å². The van der Waals surface area contributed by atoms with Gasteiger partial charge in [0.05, 0.1) is 0 Å². The van der Waals surface area contributed by atoms with Crippen LogP contribution in [0, 0.1) is 5.92 Å². The summed E-state index contributed by atoms with van der Waals surface area (Å²) in [6.07, 6.45) is 8.29. The van der Waals surface area contributed by atoms with Crippen molar-refractivity contribution in [1.82, 2.24) is 10.2 Å². The van der Waals surface area contributed by atoms with E-state index >= 15 is 0 Å². The Balaban J connectivity index is 1.66. The summed E-state index contributed by atoms with van der Waals surface area (Å²) in [4.78, 5) is 14.1. The fourth-order valence-corrected chi connectivity index (χ4v) is 2.65. The minimum Gasteiger partial charge on any atom is -0.343 e. The molecule has 2 rings (SSSR count). The van der Waals surface area contributed by atoms with Gasteiger partial charge in [0.15, 0.2) is 0 Å². The molecule has 17 heavy (non-hydrogen) atoms. The SMILES string of the molecule is CCN(CC1CC1)C(=O)CCC1CCCCN1. The highest BCUT2D eigenvalue weighted by atomic mass is 16.2. The monoisotopic (exact) mass is 238 g/mol. The highest BCUT2D eigenvalue weighted by Gasteiger charge is 2.26. The number of amides is 1. The third-order valence-electron chi connectivity index (χ3n) is 4.03. The number of piperidine rings is 1. The minimum atomic E-state index is 0.367. The third-order valence-corrected chi connectivity index (χ3v) is 4.03. The van der Waals surface area contributed by atoms with Crippen molar-refractivity contribution in [3.05, 3.63) is 0 Å². The molecule has 1 N–H and O–H groups in total. The van der Waals surface area contributed by atoms with Crippen molar-refractivity contribution >= 4 is 5.91 Å². The topological polar surface area (TPSA) is 32.3 Å². The summed E-state index contributed by atoms with van der Waals surface area (Å²) < 4.78 is 0. The molecule has 2 aliphatic rings. The van der Waals surface area contributed by atoms with E-state index in [1.165, 1.54) is 32.1 Å². The number of nitrogens with one attached hydrogen (secondary N) is 1. The van der Waals surface area contributed by atoms with Crippen LogP contribution in [0.15, 0.2) is 0 Å². The second-order valence-electron chi connectivity index (χ2n) is 5.56. The van der Waals surface area contributed by atoms with Gasteiger partial charge >= 0.3 is 0 Å². The van der Waals surface area contributed by atoms with Gasteiger partial charge in [0.2, 0.25) is 5.91 Å². The molecule has 1 aliphatic carbocycles. The average Bonchev–Trinajstić information content (AvgIpc) is 3.18. The van der Waals surface area contributed by atoms with Crippen LogP contribution in [0.3, 0.4) is 0 Å². The van der Waals surface area contributed by atoms with Crippen LogP contribution >= 0.6 is 0 Å². The van der Waals surface area contributed by atoms with Crippen molar-refractivity contribution < 1.29 is 4.79 Å². The van der Waals surface area contributed by atoms with E-state index in [0.29, 0.717) is 11.9 Å². The molecule has 2 fully saturated rings. The fourth-order valence-electron chi connectivity index (χ4n) is 2.65. The molecule has 1 saturated carbocycles. The first kappa shape index (κ1) is 12.9. The average molecular weight is 238 g/mol. The maximum Gasteiger partial charge on any atom is 0.222 e. The molecular weight excluding hydrogens is 212 g/mol. The Hall–Kier alpha value is -0.570. The lowest BCUT2D eigenvalue weighted by molar-refractivity contribution is -0.131. The molecule has 1 amide bonds. The summed E-state index contributed by atoms with van der Waals surface area (Å²) in [5.74, 6) is 1.18. The molecular formula is C14H26N2O. The molecule has 1 heterocycles. The number of rotatable bonds is 6. The van der Waals surface area contributed by atoms with Crippen molar-refractivity contribution in [3.63, 3.8) is 0 Å². The van der Waals surface area contributed by atoms with Gasteiger partial charge < -0.3 is 10.2 Å². The van der Waals surface area contributed by atoms with Crippen molar-refractivity contribution in [1.29, 1.82) is 0 Å². The maximum atomic E-state index is 12.1. The van der Waals surface area contributed by atoms with E-state index in [-0.39, 0.29) is 0 Å². The zero-order valence-corrected chi connectivity index (χ0v) is 11.1. The van der Waals surface area contributed by atoms with Crippen LogP contribution in [0.5, 0.6) is 0 Å². The Bertz CT molecular complexity index is 245. The molecule has 1 saturated heterocycles. The summed E-state index contributed by atoms with van der Waals surface area (Å²) >= 11 is 0. The molecule has 0 aromatic heterocycles. The highest BCUT2D eigenvalue weighted by Crippen LogP contribution is 2.29. The summed E-state index contributed by atoms with van der Waals surface area (Å²) in [5, 5.41) is 3.51. The molecule has 0 radical (unpaired) electrons.